The maximum atomic E-state index is 12.5. The van der Waals surface area contributed by atoms with Gasteiger partial charge in [-0.25, -0.2) is 0 Å². The third-order valence-electron chi connectivity index (χ3n) is 4.50. The topological polar surface area (TPSA) is 63.1 Å². The fraction of sp³-hybridized carbons (Fsp3) is 0.353. The number of benzene rings is 1. The van der Waals surface area contributed by atoms with Crippen molar-refractivity contribution in [1.82, 2.24) is 25.2 Å². The van der Waals surface area contributed by atoms with Gasteiger partial charge in [0, 0.05) is 48.2 Å². The number of aromatic nitrogens is 3. The van der Waals surface area contributed by atoms with Crippen molar-refractivity contribution in [1.29, 1.82) is 0 Å². The molecule has 3 heterocycles. The Morgan fingerprint density at radius 3 is 3.04 bits per heavy atom. The molecule has 1 aliphatic rings. The number of carbonyl (C=O) groups excluding carboxylic acids is 1. The maximum Gasteiger partial charge on any atom is 0.252 e. The van der Waals surface area contributed by atoms with Gasteiger partial charge in [0.2, 0.25) is 0 Å². The molecule has 1 atom stereocenters. The molecule has 1 aromatic carbocycles. The first-order valence-electron chi connectivity index (χ1n) is 8.04. The molecule has 3 aromatic rings. The maximum absolute atomic E-state index is 12.5. The Hall–Kier alpha value is -2.25. The van der Waals surface area contributed by atoms with Gasteiger partial charge in [0.25, 0.3) is 5.91 Å². The molecule has 2 aromatic heterocycles. The van der Waals surface area contributed by atoms with Crippen LogP contribution in [0.5, 0.6) is 0 Å². The van der Waals surface area contributed by atoms with Crippen LogP contribution in [0.25, 0.3) is 10.1 Å². The van der Waals surface area contributed by atoms with E-state index in [-0.39, 0.29) is 5.91 Å². The second-order valence-electron chi connectivity index (χ2n) is 6.09. The number of nitrogens with zero attached hydrogens (tertiary/aromatic N) is 4. The molecule has 0 saturated carbocycles. The SMILES string of the molecule is Cn1ncc(CN2CCC2CNC(=O)c2csc3ccccc23)n1. The molecule has 0 radical (unpaired) electrons. The number of hydrogen-bond acceptors (Lipinski definition) is 5. The molecule has 1 fully saturated rings. The van der Waals surface area contributed by atoms with Gasteiger partial charge in [-0.3, -0.25) is 9.69 Å². The highest BCUT2D eigenvalue weighted by Crippen LogP contribution is 2.25. The van der Waals surface area contributed by atoms with Gasteiger partial charge >= 0.3 is 0 Å². The lowest BCUT2D eigenvalue weighted by Crippen LogP contribution is -2.52. The molecule has 1 amide bonds. The monoisotopic (exact) mass is 341 g/mol. The van der Waals surface area contributed by atoms with Crippen LogP contribution in [-0.4, -0.2) is 44.9 Å². The number of rotatable bonds is 5. The summed E-state index contributed by atoms with van der Waals surface area (Å²) in [7, 11) is 1.82. The first-order chi connectivity index (χ1) is 11.7. The van der Waals surface area contributed by atoms with Crippen molar-refractivity contribution in [2.75, 3.05) is 13.1 Å². The van der Waals surface area contributed by atoms with Crippen molar-refractivity contribution < 1.29 is 4.79 Å². The fourth-order valence-electron chi connectivity index (χ4n) is 3.06. The predicted molar refractivity (Wildman–Crippen MR) is 94.0 cm³/mol. The molecule has 7 heteroatoms. The van der Waals surface area contributed by atoms with Crippen LogP contribution < -0.4 is 5.32 Å². The number of fused-ring (bicyclic) bond motifs is 1. The molecule has 4 rings (SSSR count). The third kappa shape index (κ3) is 2.92. The van der Waals surface area contributed by atoms with E-state index in [9.17, 15) is 4.79 Å². The van der Waals surface area contributed by atoms with Crippen LogP contribution >= 0.6 is 11.3 Å². The molecular formula is C17H19N5OS. The van der Waals surface area contributed by atoms with Gasteiger partial charge in [-0.05, 0) is 12.5 Å². The van der Waals surface area contributed by atoms with Gasteiger partial charge in [0.1, 0.15) is 0 Å². The van der Waals surface area contributed by atoms with Crippen LogP contribution in [0.15, 0.2) is 35.8 Å². The van der Waals surface area contributed by atoms with Crippen molar-refractivity contribution in [2.45, 2.75) is 19.0 Å². The first-order valence-corrected chi connectivity index (χ1v) is 8.92. The molecule has 6 nitrogen and oxygen atoms in total. The summed E-state index contributed by atoms with van der Waals surface area (Å²) in [4.78, 5) is 16.4. The zero-order chi connectivity index (χ0) is 16.5. The smallest absolute Gasteiger partial charge is 0.252 e. The normalized spacial score (nSPS) is 17.8. The van der Waals surface area contributed by atoms with E-state index in [0.717, 1.165) is 40.9 Å². The number of nitrogens with one attached hydrogen (secondary N) is 1. The Bertz CT molecular complexity index is 871. The molecule has 24 heavy (non-hydrogen) atoms. The molecule has 1 unspecified atom stereocenters. The van der Waals surface area contributed by atoms with Crippen LogP contribution in [0, 0.1) is 0 Å². The first kappa shape index (κ1) is 15.3. The molecule has 1 saturated heterocycles. The molecule has 1 N–H and O–H groups in total. The summed E-state index contributed by atoms with van der Waals surface area (Å²) in [5.74, 6) is 0.0128. The van der Waals surface area contributed by atoms with Gasteiger partial charge in [-0.15, -0.1) is 11.3 Å². The summed E-state index contributed by atoms with van der Waals surface area (Å²) in [6, 6.07) is 8.40. The number of carbonyl (C=O) groups is 1. The van der Waals surface area contributed by atoms with E-state index in [4.69, 9.17) is 0 Å². The lowest BCUT2D eigenvalue weighted by Gasteiger charge is -2.40. The predicted octanol–water partition coefficient (Wildman–Crippen LogP) is 2.03. The Morgan fingerprint density at radius 1 is 1.42 bits per heavy atom. The molecular weight excluding hydrogens is 322 g/mol. The molecule has 0 aliphatic carbocycles. The number of thiophene rings is 1. The Morgan fingerprint density at radius 2 is 2.29 bits per heavy atom. The lowest BCUT2D eigenvalue weighted by molar-refractivity contribution is 0.0722. The highest BCUT2D eigenvalue weighted by molar-refractivity contribution is 7.17. The van der Waals surface area contributed by atoms with E-state index >= 15 is 0 Å². The quantitative estimate of drug-likeness (QED) is 0.771. The van der Waals surface area contributed by atoms with Gasteiger partial charge < -0.3 is 5.32 Å². The van der Waals surface area contributed by atoms with Crippen LogP contribution in [0.1, 0.15) is 22.5 Å². The van der Waals surface area contributed by atoms with Crippen molar-refractivity contribution >= 4 is 27.3 Å². The summed E-state index contributed by atoms with van der Waals surface area (Å²) < 4.78 is 1.15. The van der Waals surface area contributed by atoms with E-state index in [1.807, 2.05) is 36.7 Å². The Kier molecular flexibility index (Phi) is 4.03. The van der Waals surface area contributed by atoms with E-state index in [0.29, 0.717) is 12.6 Å². The fourth-order valence-corrected chi connectivity index (χ4v) is 4.00. The third-order valence-corrected chi connectivity index (χ3v) is 5.47. The molecule has 1 aliphatic heterocycles. The number of likely N-dealkylation sites (tertiary alicyclic amines) is 1. The number of hydrogen-bond donors (Lipinski definition) is 1. The molecule has 124 valence electrons. The van der Waals surface area contributed by atoms with Crippen molar-refractivity contribution in [3.8, 4) is 0 Å². The highest BCUT2D eigenvalue weighted by Gasteiger charge is 2.29. The summed E-state index contributed by atoms with van der Waals surface area (Å²) in [6.07, 6.45) is 2.90. The van der Waals surface area contributed by atoms with E-state index in [1.54, 1.807) is 22.3 Å². The standard InChI is InChI=1S/C17H19N5OS/c1-21-19-8-12(20-21)10-22-7-6-13(22)9-18-17(23)15-11-24-16-5-3-2-4-14(15)16/h2-5,8,11,13H,6-7,9-10H2,1H3,(H,18,23). The molecule has 0 bridgehead atoms. The summed E-state index contributed by atoms with van der Waals surface area (Å²) >= 11 is 1.61. The van der Waals surface area contributed by atoms with Crippen LogP contribution in [0.2, 0.25) is 0 Å². The highest BCUT2D eigenvalue weighted by atomic mass is 32.1. The average molecular weight is 341 g/mol. The van der Waals surface area contributed by atoms with Gasteiger partial charge in [-0.1, -0.05) is 18.2 Å². The zero-order valence-electron chi connectivity index (χ0n) is 13.5. The summed E-state index contributed by atoms with van der Waals surface area (Å²) in [5.41, 5.74) is 1.74. The van der Waals surface area contributed by atoms with Crippen molar-refractivity contribution in [3.63, 3.8) is 0 Å². The second-order valence-corrected chi connectivity index (χ2v) is 7.01. The zero-order valence-corrected chi connectivity index (χ0v) is 14.3. The van der Waals surface area contributed by atoms with Crippen molar-refractivity contribution in [2.24, 2.45) is 7.05 Å². The number of amides is 1. The summed E-state index contributed by atoms with van der Waals surface area (Å²) in [5, 5.41) is 14.5. The average Bonchev–Trinajstić information content (AvgIpc) is 3.17. The number of aryl methyl sites for hydroxylation is 1. The van der Waals surface area contributed by atoms with E-state index in [2.05, 4.69) is 20.4 Å². The van der Waals surface area contributed by atoms with Crippen LogP contribution in [0.4, 0.5) is 0 Å². The largest absolute Gasteiger partial charge is 0.350 e. The van der Waals surface area contributed by atoms with Gasteiger partial charge in [0.05, 0.1) is 17.5 Å². The van der Waals surface area contributed by atoms with Crippen molar-refractivity contribution in [3.05, 3.63) is 47.1 Å². The Balaban J connectivity index is 1.35. The van der Waals surface area contributed by atoms with Gasteiger partial charge in [0.15, 0.2) is 0 Å². The summed E-state index contributed by atoms with van der Waals surface area (Å²) in [6.45, 7) is 2.50. The van der Waals surface area contributed by atoms with Gasteiger partial charge in [-0.2, -0.15) is 15.0 Å². The minimum Gasteiger partial charge on any atom is -0.350 e. The van der Waals surface area contributed by atoms with E-state index < -0.39 is 0 Å². The van der Waals surface area contributed by atoms with Crippen LogP contribution in [0.3, 0.4) is 0 Å². The minimum atomic E-state index is 0.0128. The molecule has 0 spiro atoms. The second kappa shape index (κ2) is 6.33. The van der Waals surface area contributed by atoms with Crippen LogP contribution in [-0.2, 0) is 13.6 Å². The minimum absolute atomic E-state index is 0.0128. The lowest BCUT2D eigenvalue weighted by atomic mass is 10.0. The Labute approximate surface area is 144 Å². The van der Waals surface area contributed by atoms with E-state index in [1.165, 1.54) is 0 Å².